The zero-order chi connectivity index (χ0) is 16.5. The molecule has 0 saturated heterocycles. The summed E-state index contributed by atoms with van der Waals surface area (Å²) in [6, 6.07) is 8.77. The van der Waals surface area contributed by atoms with Gasteiger partial charge in [0, 0.05) is 16.7 Å². The van der Waals surface area contributed by atoms with Crippen LogP contribution in [0.4, 0.5) is 5.82 Å². The van der Waals surface area contributed by atoms with Crippen LogP contribution in [0.5, 0.6) is 0 Å². The summed E-state index contributed by atoms with van der Waals surface area (Å²) >= 11 is 3.41. The maximum Gasteiger partial charge on any atom is 0.259 e. The standard InChI is InChI=1S/C15H10BrN7O/c16-10-1-2-11(12(7-10)22-9-17-8-20-22)15(24)21-14-3-5-18-13-4-6-19-23(13)14/h1-9H,(H,21,24). The quantitative estimate of drug-likeness (QED) is 0.586. The Bertz CT molecular complexity index is 1030. The minimum Gasteiger partial charge on any atom is -0.306 e. The van der Waals surface area contributed by atoms with Crippen molar-refractivity contribution in [2.45, 2.75) is 0 Å². The molecule has 8 nitrogen and oxygen atoms in total. The first kappa shape index (κ1) is 14.5. The summed E-state index contributed by atoms with van der Waals surface area (Å²) in [6.07, 6.45) is 6.19. The summed E-state index contributed by atoms with van der Waals surface area (Å²) in [4.78, 5) is 20.9. The van der Waals surface area contributed by atoms with Gasteiger partial charge in [-0.3, -0.25) is 4.79 Å². The molecule has 3 aromatic heterocycles. The molecule has 0 atom stereocenters. The van der Waals surface area contributed by atoms with Crippen molar-refractivity contribution in [2.75, 3.05) is 5.32 Å². The number of carbonyl (C=O) groups excluding carboxylic acids is 1. The van der Waals surface area contributed by atoms with Gasteiger partial charge in [0.25, 0.3) is 5.91 Å². The molecule has 0 bridgehead atoms. The fourth-order valence-corrected chi connectivity index (χ4v) is 2.68. The zero-order valence-electron chi connectivity index (χ0n) is 12.2. The minimum atomic E-state index is -0.281. The third-order valence-corrected chi connectivity index (χ3v) is 3.89. The second-order valence-electron chi connectivity index (χ2n) is 4.89. The van der Waals surface area contributed by atoms with Gasteiger partial charge in [0.05, 0.1) is 17.4 Å². The van der Waals surface area contributed by atoms with E-state index < -0.39 is 0 Å². The first-order valence-electron chi connectivity index (χ1n) is 6.97. The van der Waals surface area contributed by atoms with Crippen LogP contribution >= 0.6 is 15.9 Å². The topological polar surface area (TPSA) is 90.0 Å². The number of aromatic nitrogens is 6. The lowest BCUT2D eigenvalue weighted by Gasteiger charge is -2.11. The normalized spacial score (nSPS) is 10.9. The predicted molar refractivity (Wildman–Crippen MR) is 90.0 cm³/mol. The van der Waals surface area contributed by atoms with Crippen LogP contribution in [0, 0.1) is 0 Å². The Labute approximate surface area is 144 Å². The van der Waals surface area contributed by atoms with Crippen molar-refractivity contribution in [2.24, 2.45) is 0 Å². The van der Waals surface area contributed by atoms with Crippen LogP contribution in [-0.4, -0.2) is 35.3 Å². The number of carbonyl (C=O) groups is 1. The number of benzene rings is 1. The summed E-state index contributed by atoms with van der Waals surface area (Å²) in [5, 5.41) is 11.1. The first-order chi connectivity index (χ1) is 11.7. The van der Waals surface area contributed by atoms with Crippen LogP contribution in [0.1, 0.15) is 10.4 Å². The SMILES string of the molecule is O=C(Nc1ccnc2ccnn12)c1ccc(Br)cc1-n1cncn1. The van der Waals surface area contributed by atoms with Crippen LogP contribution in [0.15, 0.2) is 59.9 Å². The number of anilines is 1. The van der Waals surface area contributed by atoms with E-state index in [0.29, 0.717) is 22.7 Å². The number of amides is 1. The summed E-state index contributed by atoms with van der Waals surface area (Å²) in [6.45, 7) is 0. The van der Waals surface area contributed by atoms with E-state index in [1.165, 1.54) is 17.3 Å². The lowest BCUT2D eigenvalue weighted by molar-refractivity contribution is 0.102. The van der Waals surface area contributed by atoms with E-state index in [4.69, 9.17) is 0 Å². The van der Waals surface area contributed by atoms with E-state index in [1.807, 2.05) is 0 Å². The third-order valence-electron chi connectivity index (χ3n) is 3.40. The minimum absolute atomic E-state index is 0.281. The predicted octanol–water partition coefficient (Wildman–Crippen LogP) is 2.32. The van der Waals surface area contributed by atoms with E-state index in [-0.39, 0.29) is 5.91 Å². The smallest absolute Gasteiger partial charge is 0.259 e. The van der Waals surface area contributed by atoms with Gasteiger partial charge in [0.1, 0.15) is 18.5 Å². The van der Waals surface area contributed by atoms with E-state index in [2.05, 4.69) is 41.4 Å². The van der Waals surface area contributed by atoms with Crippen molar-refractivity contribution in [1.82, 2.24) is 29.4 Å². The van der Waals surface area contributed by atoms with Crippen LogP contribution in [0.3, 0.4) is 0 Å². The average molecular weight is 384 g/mol. The molecule has 0 radical (unpaired) electrons. The lowest BCUT2D eigenvalue weighted by atomic mass is 10.1. The molecule has 0 saturated carbocycles. The Balaban J connectivity index is 1.74. The van der Waals surface area contributed by atoms with Crippen LogP contribution < -0.4 is 5.32 Å². The van der Waals surface area contributed by atoms with Gasteiger partial charge in [-0.15, -0.1) is 0 Å². The Morgan fingerprint density at radius 3 is 2.88 bits per heavy atom. The van der Waals surface area contributed by atoms with Gasteiger partial charge < -0.3 is 5.32 Å². The maximum atomic E-state index is 12.8. The number of hydrogen-bond donors (Lipinski definition) is 1. The highest BCUT2D eigenvalue weighted by atomic mass is 79.9. The summed E-state index contributed by atoms with van der Waals surface area (Å²) in [5.41, 5.74) is 1.73. The second kappa shape index (κ2) is 5.85. The molecule has 24 heavy (non-hydrogen) atoms. The monoisotopic (exact) mass is 383 g/mol. The van der Waals surface area contributed by atoms with Crippen molar-refractivity contribution < 1.29 is 4.79 Å². The molecular weight excluding hydrogens is 374 g/mol. The average Bonchev–Trinajstić information content (AvgIpc) is 3.26. The van der Waals surface area contributed by atoms with Gasteiger partial charge in [-0.05, 0) is 24.3 Å². The highest BCUT2D eigenvalue weighted by molar-refractivity contribution is 9.10. The number of hydrogen-bond acceptors (Lipinski definition) is 5. The third kappa shape index (κ3) is 2.54. The molecule has 0 aliphatic carbocycles. The van der Waals surface area contributed by atoms with Gasteiger partial charge in [0.15, 0.2) is 5.65 Å². The molecule has 118 valence electrons. The highest BCUT2D eigenvalue weighted by Crippen LogP contribution is 2.21. The second-order valence-corrected chi connectivity index (χ2v) is 5.80. The molecule has 0 spiro atoms. The largest absolute Gasteiger partial charge is 0.306 e. The molecule has 9 heteroatoms. The summed E-state index contributed by atoms with van der Waals surface area (Å²) < 4.78 is 3.93. The van der Waals surface area contributed by atoms with Crippen LogP contribution in [-0.2, 0) is 0 Å². The van der Waals surface area contributed by atoms with Crippen molar-refractivity contribution in [3.8, 4) is 5.69 Å². The highest BCUT2D eigenvalue weighted by Gasteiger charge is 2.15. The van der Waals surface area contributed by atoms with Gasteiger partial charge in [0.2, 0.25) is 0 Å². The molecule has 4 rings (SSSR count). The van der Waals surface area contributed by atoms with Crippen LogP contribution in [0.2, 0.25) is 0 Å². The molecule has 1 amide bonds. The molecule has 1 N–H and O–H groups in total. The van der Waals surface area contributed by atoms with Gasteiger partial charge >= 0.3 is 0 Å². The maximum absolute atomic E-state index is 12.8. The van der Waals surface area contributed by atoms with Crippen LogP contribution in [0.25, 0.3) is 11.3 Å². The molecule has 0 aliphatic heterocycles. The van der Waals surface area contributed by atoms with Gasteiger partial charge in [-0.1, -0.05) is 15.9 Å². The zero-order valence-corrected chi connectivity index (χ0v) is 13.8. The lowest BCUT2D eigenvalue weighted by Crippen LogP contribution is -2.17. The first-order valence-corrected chi connectivity index (χ1v) is 7.76. The number of nitrogens with zero attached hydrogens (tertiary/aromatic N) is 6. The van der Waals surface area contributed by atoms with E-state index in [0.717, 1.165) is 4.47 Å². The Kier molecular flexibility index (Phi) is 3.54. The Morgan fingerprint density at radius 1 is 1.12 bits per heavy atom. The molecular formula is C15H10BrN7O. The molecule has 0 aliphatic rings. The van der Waals surface area contributed by atoms with Crippen molar-refractivity contribution in [3.05, 3.63) is 65.4 Å². The number of rotatable bonds is 3. The molecule has 1 aromatic carbocycles. The van der Waals surface area contributed by atoms with Gasteiger partial charge in [-0.25, -0.2) is 14.6 Å². The number of nitrogens with one attached hydrogen (secondary N) is 1. The fraction of sp³-hybridized carbons (Fsp3) is 0. The van der Waals surface area contributed by atoms with E-state index >= 15 is 0 Å². The van der Waals surface area contributed by atoms with Gasteiger partial charge in [-0.2, -0.15) is 14.7 Å². The van der Waals surface area contributed by atoms with Crippen molar-refractivity contribution in [3.63, 3.8) is 0 Å². The molecule has 0 unspecified atom stereocenters. The molecule has 0 fully saturated rings. The van der Waals surface area contributed by atoms with E-state index in [1.54, 1.807) is 47.2 Å². The van der Waals surface area contributed by atoms with Crippen molar-refractivity contribution in [1.29, 1.82) is 0 Å². The molecule has 3 heterocycles. The fourth-order valence-electron chi connectivity index (χ4n) is 2.33. The summed E-state index contributed by atoms with van der Waals surface area (Å²) in [7, 11) is 0. The van der Waals surface area contributed by atoms with E-state index in [9.17, 15) is 4.79 Å². The molecule has 4 aromatic rings. The Hall–Kier alpha value is -3.07. The summed E-state index contributed by atoms with van der Waals surface area (Å²) in [5.74, 6) is 0.249. The number of halogens is 1. The Morgan fingerprint density at radius 2 is 2.04 bits per heavy atom. The number of fused-ring (bicyclic) bond motifs is 1. The van der Waals surface area contributed by atoms with Crippen molar-refractivity contribution >= 4 is 33.3 Å².